The summed E-state index contributed by atoms with van der Waals surface area (Å²) in [4.78, 5) is 0. The topological polar surface area (TPSA) is 0 Å². The van der Waals surface area contributed by atoms with Gasteiger partial charge >= 0.3 is 58.6 Å². The van der Waals surface area contributed by atoms with Crippen molar-refractivity contribution in [3.05, 3.63) is 0 Å². The molecule has 0 N–H and O–H groups in total. The molecule has 0 saturated carbocycles. The number of hydrogen-bond acceptors (Lipinski definition) is 0. The van der Waals surface area contributed by atoms with Crippen LogP contribution in [0.5, 0.6) is 0 Å². The molecule has 0 aromatic carbocycles. The SMILES string of the molecule is [2H][C]([2H])([2H])[Ge]1([CH3])[CH2]CC[C@H]1C. The Labute approximate surface area is 59.2 Å². The zero-order valence-electron chi connectivity index (χ0n) is 8.70. The molecule has 1 fully saturated rings. The van der Waals surface area contributed by atoms with Crippen LogP contribution in [-0.4, -0.2) is 13.3 Å². The van der Waals surface area contributed by atoms with Crippen LogP contribution < -0.4 is 0 Å². The molecule has 1 heterocycles. The van der Waals surface area contributed by atoms with E-state index in [1.807, 2.05) is 0 Å². The van der Waals surface area contributed by atoms with Crippen molar-refractivity contribution in [3.63, 3.8) is 0 Å². The van der Waals surface area contributed by atoms with Gasteiger partial charge in [-0.25, -0.2) is 0 Å². The van der Waals surface area contributed by atoms with Gasteiger partial charge in [0.1, 0.15) is 0 Å². The molecule has 1 saturated heterocycles. The number of rotatable bonds is 0. The van der Waals surface area contributed by atoms with Crippen LogP contribution in [0.15, 0.2) is 0 Å². The molecule has 0 spiro atoms. The summed E-state index contributed by atoms with van der Waals surface area (Å²) in [6.45, 7) is 2.14. The summed E-state index contributed by atoms with van der Waals surface area (Å²) in [7, 11) is 0. The van der Waals surface area contributed by atoms with Crippen molar-refractivity contribution in [1.29, 1.82) is 0 Å². The molecule has 48 valence electrons. The molecule has 8 heavy (non-hydrogen) atoms. The monoisotopic (exact) mass is 177 g/mol. The first-order valence-electron chi connectivity index (χ1n) is 4.88. The Hall–Kier alpha value is 0.543. The van der Waals surface area contributed by atoms with Crippen molar-refractivity contribution in [2.24, 2.45) is 0 Å². The van der Waals surface area contributed by atoms with Gasteiger partial charge < -0.3 is 0 Å². The van der Waals surface area contributed by atoms with Crippen LogP contribution in [0.25, 0.3) is 0 Å². The molecule has 1 rings (SSSR count). The van der Waals surface area contributed by atoms with Crippen molar-refractivity contribution >= 4 is 13.3 Å². The minimum absolute atomic E-state index is 0.544. The van der Waals surface area contributed by atoms with E-state index in [4.69, 9.17) is 4.11 Å². The molecular weight excluding hydrogens is 157 g/mol. The maximum atomic E-state index is 7.47. The van der Waals surface area contributed by atoms with Crippen LogP contribution in [-0.2, 0) is 0 Å². The first-order valence-corrected chi connectivity index (χ1v) is 9.22. The molecule has 0 aromatic heterocycles. The van der Waals surface area contributed by atoms with Gasteiger partial charge in [0, 0.05) is 0 Å². The van der Waals surface area contributed by atoms with Crippen molar-refractivity contribution in [2.45, 2.75) is 41.2 Å². The predicted octanol–water partition coefficient (Wildman–Crippen LogP) is 2.88. The Morgan fingerprint density at radius 3 is 2.75 bits per heavy atom. The van der Waals surface area contributed by atoms with Gasteiger partial charge in [-0.3, -0.25) is 0 Å². The summed E-state index contributed by atoms with van der Waals surface area (Å²) in [5.41, 5.74) is -1.57. The van der Waals surface area contributed by atoms with Crippen LogP contribution in [0.2, 0.25) is 21.4 Å². The Morgan fingerprint density at radius 2 is 2.50 bits per heavy atom. The van der Waals surface area contributed by atoms with E-state index in [2.05, 4.69) is 12.7 Å². The first-order chi connectivity index (χ1) is 4.88. The third-order valence-electron chi connectivity index (χ3n) is 2.42. The second-order valence-electron chi connectivity index (χ2n) is 3.21. The first kappa shape index (κ1) is 3.65. The van der Waals surface area contributed by atoms with Crippen LogP contribution in [0, 0.1) is 0 Å². The maximum absolute atomic E-state index is 7.47. The fourth-order valence-corrected chi connectivity index (χ4v) is 6.11. The van der Waals surface area contributed by atoms with Crippen molar-refractivity contribution in [1.82, 2.24) is 0 Å². The van der Waals surface area contributed by atoms with Crippen molar-refractivity contribution in [3.8, 4) is 0 Å². The molecule has 2 atom stereocenters. The average molecular weight is 176 g/mol. The van der Waals surface area contributed by atoms with E-state index in [9.17, 15) is 0 Å². The third kappa shape index (κ3) is 1.10. The van der Waals surface area contributed by atoms with Crippen molar-refractivity contribution in [2.75, 3.05) is 0 Å². The molecule has 0 nitrogen and oxygen atoms in total. The van der Waals surface area contributed by atoms with Crippen LogP contribution in [0.4, 0.5) is 0 Å². The van der Waals surface area contributed by atoms with Crippen molar-refractivity contribution < 1.29 is 4.11 Å². The van der Waals surface area contributed by atoms with Gasteiger partial charge in [-0.2, -0.15) is 0 Å². The summed E-state index contributed by atoms with van der Waals surface area (Å²) in [6, 6.07) is 0. The summed E-state index contributed by atoms with van der Waals surface area (Å²) in [5, 5.41) is 1.05. The molecule has 0 bridgehead atoms. The van der Waals surface area contributed by atoms with E-state index >= 15 is 0 Å². The van der Waals surface area contributed by atoms with E-state index in [1.54, 1.807) is 0 Å². The van der Waals surface area contributed by atoms with Gasteiger partial charge in [-0.05, 0) is 0 Å². The molecule has 0 radical (unpaired) electrons. The van der Waals surface area contributed by atoms with Gasteiger partial charge in [-0.15, -0.1) is 0 Å². The Bertz CT molecular complexity index is 154. The van der Waals surface area contributed by atoms with Crippen LogP contribution in [0.1, 0.15) is 23.9 Å². The third-order valence-corrected chi connectivity index (χ3v) is 10.5. The van der Waals surface area contributed by atoms with E-state index < -0.39 is 19.0 Å². The Kier molecular flexibility index (Phi) is 0.936. The van der Waals surface area contributed by atoms with E-state index in [0.717, 1.165) is 18.1 Å². The van der Waals surface area contributed by atoms with Gasteiger partial charge in [0.2, 0.25) is 0 Å². The second-order valence-corrected chi connectivity index (χ2v) is 12.3. The fourth-order valence-electron chi connectivity index (χ4n) is 1.34. The minimum atomic E-state index is -2.41. The van der Waals surface area contributed by atoms with Crippen LogP contribution in [0.3, 0.4) is 0 Å². The number of hydrogen-bond donors (Lipinski definition) is 0. The molecule has 0 aromatic rings. The normalized spacial score (nSPS) is 54.8. The zero-order chi connectivity index (χ0) is 8.70. The Morgan fingerprint density at radius 1 is 1.75 bits per heavy atom. The Balaban J connectivity index is 2.81. The molecule has 1 unspecified atom stereocenters. The summed E-state index contributed by atoms with van der Waals surface area (Å²) in [6.07, 6.45) is 2.32. The molecule has 0 aliphatic carbocycles. The standard InChI is InChI=1S/C7H16Ge/c1-7-5-4-6-8(7,2)3/h7H,4-6H2,1-3H3/t7-/m1/s1/i2D3/t7-,8?. The zero-order valence-corrected chi connectivity index (χ0v) is 7.80. The van der Waals surface area contributed by atoms with Gasteiger partial charge in [0.05, 0.1) is 0 Å². The van der Waals surface area contributed by atoms with Crippen LogP contribution >= 0.6 is 0 Å². The van der Waals surface area contributed by atoms with Gasteiger partial charge in [-0.1, -0.05) is 0 Å². The van der Waals surface area contributed by atoms with Gasteiger partial charge in [0.15, 0.2) is 0 Å². The molecule has 1 heteroatoms. The van der Waals surface area contributed by atoms with E-state index in [1.165, 1.54) is 0 Å². The summed E-state index contributed by atoms with van der Waals surface area (Å²) >= 11 is -2.41. The fraction of sp³-hybridized carbons (Fsp3) is 1.00. The summed E-state index contributed by atoms with van der Waals surface area (Å²) < 4.78 is 23.0. The summed E-state index contributed by atoms with van der Waals surface area (Å²) in [5.74, 6) is 2.09. The molecule has 0 amide bonds. The second kappa shape index (κ2) is 2.05. The quantitative estimate of drug-likeness (QED) is 0.497. The molecule has 1 aliphatic rings. The molecular formula is C7H16Ge. The predicted molar refractivity (Wildman–Crippen MR) is 40.9 cm³/mol. The van der Waals surface area contributed by atoms with E-state index in [-0.39, 0.29) is 0 Å². The van der Waals surface area contributed by atoms with E-state index in [0.29, 0.717) is 4.75 Å². The molecule has 1 aliphatic heterocycles. The average Bonchev–Trinajstić information content (AvgIpc) is 2.12. The van der Waals surface area contributed by atoms with Gasteiger partial charge in [0.25, 0.3) is 0 Å².